The van der Waals surface area contributed by atoms with E-state index in [1.807, 2.05) is 0 Å². The number of rotatable bonds is 6. The molecule has 1 saturated carbocycles. The van der Waals surface area contributed by atoms with E-state index in [0.717, 1.165) is 18.9 Å². The first-order chi connectivity index (χ1) is 9.19. The lowest BCUT2D eigenvalue weighted by molar-refractivity contribution is 0.155. The van der Waals surface area contributed by atoms with Gasteiger partial charge in [0, 0.05) is 0 Å². The Bertz CT molecular complexity index is 377. The van der Waals surface area contributed by atoms with Crippen LogP contribution < -0.4 is 0 Å². The van der Waals surface area contributed by atoms with Crippen molar-refractivity contribution in [2.24, 2.45) is 5.92 Å². The number of tetrazole rings is 1. The molecule has 0 aliphatic heterocycles. The number of hydrogen-bond donors (Lipinski definition) is 0. The van der Waals surface area contributed by atoms with Gasteiger partial charge in [0.1, 0.15) is 0 Å². The lowest BCUT2D eigenvalue weighted by atomic mass is 10.0. The third kappa shape index (κ3) is 2.96. The molecule has 0 saturated heterocycles. The van der Waals surface area contributed by atoms with Crippen LogP contribution in [-0.4, -0.2) is 38.2 Å². The SMILES string of the molecule is CCN(CC)C(c1nnnn1C1CCCC1)C(C)C. The monoisotopic (exact) mass is 265 g/mol. The van der Waals surface area contributed by atoms with Crippen LogP contribution >= 0.6 is 0 Å². The molecule has 0 amide bonds. The Morgan fingerprint density at radius 1 is 1.21 bits per heavy atom. The molecule has 108 valence electrons. The molecule has 1 atom stereocenters. The molecule has 0 N–H and O–H groups in total. The van der Waals surface area contributed by atoms with E-state index in [0.29, 0.717) is 18.0 Å². The van der Waals surface area contributed by atoms with Crippen LogP contribution in [0.3, 0.4) is 0 Å². The van der Waals surface area contributed by atoms with Gasteiger partial charge in [-0.1, -0.05) is 40.5 Å². The summed E-state index contributed by atoms with van der Waals surface area (Å²) >= 11 is 0. The molecule has 1 aromatic heterocycles. The molecule has 0 bridgehead atoms. The minimum Gasteiger partial charge on any atom is -0.294 e. The normalized spacial score (nSPS) is 18.6. The van der Waals surface area contributed by atoms with Crippen molar-refractivity contribution in [1.29, 1.82) is 0 Å². The van der Waals surface area contributed by atoms with E-state index in [2.05, 4.69) is 52.8 Å². The van der Waals surface area contributed by atoms with Crippen molar-refractivity contribution >= 4 is 0 Å². The topological polar surface area (TPSA) is 46.8 Å². The fourth-order valence-electron chi connectivity index (χ4n) is 3.30. The highest BCUT2D eigenvalue weighted by molar-refractivity contribution is 4.97. The van der Waals surface area contributed by atoms with Crippen molar-refractivity contribution in [1.82, 2.24) is 25.1 Å². The molecule has 1 aliphatic rings. The van der Waals surface area contributed by atoms with Crippen LogP contribution in [0.25, 0.3) is 0 Å². The summed E-state index contributed by atoms with van der Waals surface area (Å²) in [6, 6.07) is 0.840. The average molecular weight is 265 g/mol. The summed E-state index contributed by atoms with van der Waals surface area (Å²) in [5, 5.41) is 12.6. The van der Waals surface area contributed by atoms with E-state index in [1.165, 1.54) is 25.7 Å². The van der Waals surface area contributed by atoms with Crippen LogP contribution in [0.2, 0.25) is 0 Å². The van der Waals surface area contributed by atoms with Crippen LogP contribution in [0.1, 0.15) is 71.3 Å². The minimum atomic E-state index is 0.325. The largest absolute Gasteiger partial charge is 0.294 e. The zero-order chi connectivity index (χ0) is 13.8. The molecule has 0 radical (unpaired) electrons. The van der Waals surface area contributed by atoms with Crippen LogP contribution in [0.15, 0.2) is 0 Å². The van der Waals surface area contributed by atoms with E-state index in [-0.39, 0.29) is 0 Å². The minimum absolute atomic E-state index is 0.325. The first-order valence-electron chi connectivity index (χ1n) is 7.70. The second-order valence-electron chi connectivity index (χ2n) is 5.83. The van der Waals surface area contributed by atoms with Gasteiger partial charge < -0.3 is 0 Å². The zero-order valence-corrected chi connectivity index (χ0v) is 12.7. The Morgan fingerprint density at radius 3 is 2.37 bits per heavy atom. The predicted octanol–water partition coefficient (Wildman–Crippen LogP) is 2.83. The van der Waals surface area contributed by atoms with Gasteiger partial charge in [-0.25, -0.2) is 4.68 Å². The number of hydrogen-bond acceptors (Lipinski definition) is 4. The van der Waals surface area contributed by atoms with Crippen molar-refractivity contribution in [3.05, 3.63) is 5.82 Å². The Morgan fingerprint density at radius 2 is 1.84 bits per heavy atom. The van der Waals surface area contributed by atoms with E-state index < -0.39 is 0 Å². The van der Waals surface area contributed by atoms with Gasteiger partial charge in [0.25, 0.3) is 0 Å². The second kappa shape index (κ2) is 6.46. The summed E-state index contributed by atoms with van der Waals surface area (Å²) in [5.74, 6) is 1.58. The summed E-state index contributed by atoms with van der Waals surface area (Å²) in [5.41, 5.74) is 0. The molecule has 5 nitrogen and oxygen atoms in total. The van der Waals surface area contributed by atoms with Crippen molar-refractivity contribution in [2.45, 2.75) is 65.5 Å². The maximum absolute atomic E-state index is 4.36. The molecule has 0 spiro atoms. The van der Waals surface area contributed by atoms with Gasteiger partial charge in [-0.05, 0) is 42.3 Å². The van der Waals surface area contributed by atoms with Crippen molar-refractivity contribution in [3.8, 4) is 0 Å². The molecule has 0 aromatic carbocycles. The third-order valence-corrected chi connectivity index (χ3v) is 4.29. The molecule has 1 unspecified atom stereocenters. The molecule has 19 heavy (non-hydrogen) atoms. The van der Waals surface area contributed by atoms with Gasteiger partial charge in [0.05, 0.1) is 12.1 Å². The summed E-state index contributed by atoms with van der Waals surface area (Å²) in [6.07, 6.45) is 5.06. The highest BCUT2D eigenvalue weighted by Gasteiger charge is 2.30. The van der Waals surface area contributed by atoms with E-state index in [1.54, 1.807) is 0 Å². The quantitative estimate of drug-likeness (QED) is 0.793. The fraction of sp³-hybridized carbons (Fsp3) is 0.929. The van der Waals surface area contributed by atoms with E-state index in [9.17, 15) is 0 Å². The number of nitrogens with zero attached hydrogens (tertiary/aromatic N) is 5. The van der Waals surface area contributed by atoms with E-state index in [4.69, 9.17) is 0 Å². The lowest BCUT2D eigenvalue weighted by Gasteiger charge is -2.32. The van der Waals surface area contributed by atoms with Crippen LogP contribution in [-0.2, 0) is 0 Å². The zero-order valence-electron chi connectivity index (χ0n) is 12.7. The summed E-state index contributed by atoms with van der Waals surface area (Å²) < 4.78 is 2.11. The van der Waals surface area contributed by atoms with Gasteiger partial charge in [0.15, 0.2) is 5.82 Å². The fourth-order valence-corrected chi connectivity index (χ4v) is 3.30. The molecule has 1 heterocycles. The van der Waals surface area contributed by atoms with Gasteiger partial charge in [-0.3, -0.25) is 4.90 Å². The predicted molar refractivity (Wildman–Crippen MR) is 75.8 cm³/mol. The Labute approximate surface area is 116 Å². The van der Waals surface area contributed by atoms with Crippen LogP contribution in [0.4, 0.5) is 0 Å². The van der Waals surface area contributed by atoms with Crippen molar-refractivity contribution in [2.75, 3.05) is 13.1 Å². The summed E-state index contributed by atoms with van der Waals surface area (Å²) in [4.78, 5) is 2.46. The molecule has 1 aliphatic carbocycles. The van der Waals surface area contributed by atoms with E-state index >= 15 is 0 Å². The van der Waals surface area contributed by atoms with Crippen LogP contribution in [0, 0.1) is 5.92 Å². The Hall–Kier alpha value is -0.970. The summed E-state index contributed by atoms with van der Waals surface area (Å²) in [6.45, 7) is 11.0. The smallest absolute Gasteiger partial charge is 0.168 e. The first kappa shape index (κ1) is 14.4. The molecular weight excluding hydrogens is 238 g/mol. The second-order valence-corrected chi connectivity index (χ2v) is 5.83. The molecular formula is C14H27N5. The van der Waals surface area contributed by atoms with Crippen molar-refractivity contribution in [3.63, 3.8) is 0 Å². The van der Waals surface area contributed by atoms with Crippen LogP contribution in [0.5, 0.6) is 0 Å². The molecule has 2 rings (SSSR count). The van der Waals surface area contributed by atoms with Gasteiger partial charge >= 0.3 is 0 Å². The molecule has 1 aromatic rings. The average Bonchev–Trinajstić information content (AvgIpc) is 3.05. The number of aromatic nitrogens is 4. The molecule has 1 fully saturated rings. The molecule has 5 heteroatoms. The summed E-state index contributed by atoms with van der Waals surface area (Å²) in [7, 11) is 0. The maximum Gasteiger partial charge on any atom is 0.168 e. The maximum atomic E-state index is 4.36. The lowest BCUT2D eigenvalue weighted by Crippen LogP contribution is -2.34. The standard InChI is InChI=1S/C14H27N5/c1-5-18(6-2)13(11(3)4)14-15-16-17-19(14)12-9-7-8-10-12/h11-13H,5-10H2,1-4H3. The highest BCUT2D eigenvalue weighted by Crippen LogP contribution is 2.33. The highest BCUT2D eigenvalue weighted by atomic mass is 15.6. The van der Waals surface area contributed by atoms with Gasteiger partial charge in [0.2, 0.25) is 0 Å². The van der Waals surface area contributed by atoms with Gasteiger partial charge in [-0.15, -0.1) is 5.10 Å². The Balaban J connectivity index is 2.28. The van der Waals surface area contributed by atoms with Gasteiger partial charge in [-0.2, -0.15) is 0 Å². The first-order valence-corrected chi connectivity index (χ1v) is 7.70. The van der Waals surface area contributed by atoms with Crippen molar-refractivity contribution < 1.29 is 0 Å². The Kier molecular flexibility index (Phi) is 4.91. The third-order valence-electron chi connectivity index (χ3n) is 4.29.